The minimum absolute atomic E-state index is 0.388. The van der Waals surface area contributed by atoms with Crippen molar-refractivity contribution < 1.29 is 0 Å². The van der Waals surface area contributed by atoms with Gasteiger partial charge in [-0.25, -0.2) is 0 Å². The van der Waals surface area contributed by atoms with Crippen LogP contribution in [0.1, 0.15) is 53.4 Å². The molecule has 0 bridgehead atoms. The lowest BCUT2D eigenvalue weighted by Gasteiger charge is -2.32. The molecule has 0 amide bonds. The summed E-state index contributed by atoms with van der Waals surface area (Å²) in [6.07, 6.45) is 9.80. The van der Waals surface area contributed by atoms with Gasteiger partial charge in [0.15, 0.2) is 0 Å². The molecule has 0 heterocycles. The summed E-state index contributed by atoms with van der Waals surface area (Å²) in [7, 11) is 0. The highest BCUT2D eigenvalue weighted by molar-refractivity contribution is 4.91. The third-order valence-electron chi connectivity index (χ3n) is 3.48. The summed E-state index contributed by atoms with van der Waals surface area (Å²) in [5.41, 5.74) is 0.388. The fourth-order valence-corrected chi connectivity index (χ4v) is 2.41. The lowest BCUT2D eigenvalue weighted by atomic mass is 9.84. The molecule has 0 saturated carbocycles. The molecule has 2 atom stereocenters. The second-order valence-electron chi connectivity index (χ2n) is 5.89. The van der Waals surface area contributed by atoms with Crippen LogP contribution in [0.25, 0.3) is 0 Å². The normalized spacial score (nSPS) is 24.1. The first kappa shape index (κ1) is 12.8. The Morgan fingerprint density at radius 2 is 2.07 bits per heavy atom. The van der Waals surface area contributed by atoms with E-state index in [1.165, 1.54) is 32.2 Å². The molecular weight excluding hydrogens is 182 g/mol. The molecule has 0 radical (unpaired) electrons. The van der Waals surface area contributed by atoms with E-state index in [2.05, 4.69) is 45.2 Å². The monoisotopic (exact) mass is 209 g/mol. The molecule has 1 nitrogen and oxygen atoms in total. The van der Waals surface area contributed by atoms with Crippen LogP contribution in [0, 0.1) is 11.3 Å². The molecule has 2 unspecified atom stereocenters. The first-order chi connectivity index (χ1) is 7.04. The average Bonchev–Trinajstić information content (AvgIpc) is 2.18. The van der Waals surface area contributed by atoms with E-state index < -0.39 is 0 Å². The largest absolute Gasteiger partial charge is 0.313 e. The van der Waals surface area contributed by atoms with Crippen molar-refractivity contribution in [2.75, 3.05) is 6.54 Å². The van der Waals surface area contributed by atoms with Crippen molar-refractivity contribution in [2.45, 2.75) is 59.4 Å². The van der Waals surface area contributed by atoms with Crippen molar-refractivity contribution >= 4 is 0 Å². The average molecular weight is 209 g/mol. The molecule has 0 aromatic rings. The van der Waals surface area contributed by atoms with Crippen molar-refractivity contribution in [1.29, 1.82) is 0 Å². The van der Waals surface area contributed by atoms with Crippen molar-refractivity contribution in [1.82, 2.24) is 5.32 Å². The summed E-state index contributed by atoms with van der Waals surface area (Å²) in [6.45, 7) is 10.5. The van der Waals surface area contributed by atoms with Gasteiger partial charge in [0.05, 0.1) is 0 Å². The molecule has 0 aliphatic heterocycles. The van der Waals surface area contributed by atoms with Crippen LogP contribution in [0.4, 0.5) is 0 Å². The van der Waals surface area contributed by atoms with Gasteiger partial charge in [-0.1, -0.05) is 39.8 Å². The van der Waals surface area contributed by atoms with Gasteiger partial charge in [0, 0.05) is 6.04 Å². The predicted octanol–water partition coefficient (Wildman–Crippen LogP) is 3.76. The molecule has 88 valence electrons. The van der Waals surface area contributed by atoms with E-state index in [0.29, 0.717) is 11.5 Å². The van der Waals surface area contributed by atoms with Crippen LogP contribution >= 0.6 is 0 Å². The molecule has 15 heavy (non-hydrogen) atoms. The minimum atomic E-state index is 0.388. The number of hydrogen-bond donors (Lipinski definition) is 1. The van der Waals surface area contributed by atoms with Gasteiger partial charge in [-0.15, -0.1) is 0 Å². The zero-order valence-electron chi connectivity index (χ0n) is 10.8. The van der Waals surface area contributed by atoms with E-state index in [9.17, 15) is 0 Å². The van der Waals surface area contributed by atoms with E-state index >= 15 is 0 Å². The van der Waals surface area contributed by atoms with E-state index in [1.807, 2.05) is 0 Å². The number of hydrogen-bond acceptors (Lipinski definition) is 1. The Kier molecular flexibility index (Phi) is 4.85. The second-order valence-corrected chi connectivity index (χ2v) is 5.89. The molecule has 1 rings (SSSR count). The molecule has 1 aliphatic carbocycles. The maximum absolute atomic E-state index is 3.75. The number of rotatable bonds is 4. The quantitative estimate of drug-likeness (QED) is 0.695. The van der Waals surface area contributed by atoms with Gasteiger partial charge < -0.3 is 5.32 Å². The van der Waals surface area contributed by atoms with Gasteiger partial charge in [-0.05, 0) is 43.6 Å². The molecule has 1 N–H and O–H groups in total. The molecule has 0 saturated heterocycles. The lowest BCUT2D eigenvalue weighted by Crippen LogP contribution is -2.42. The summed E-state index contributed by atoms with van der Waals surface area (Å²) in [4.78, 5) is 0. The molecule has 1 heteroatoms. The third kappa shape index (κ3) is 4.38. The number of nitrogens with one attached hydrogen (secondary N) is 1. The van der Waals surface area contributed by atoms with Crippen LogP contribution in [-0.4, -0.2) is 12.6 Å². The summed E-state index contributed by atoms with van der Waals surface area (Å²) >= 11 is 0. The highest BCUT2D eigenvalue weighted by Crippen LogP contribution is 2.23. The first-order valence-electron chi connectivity index (χ1n) is 6.42. The minimum Gasteiger partial charge on any atom is -0.313 e. The Morgan fingerprint density at radius 1 is 1.33 bits per heavy atom. The summed E-state index contributed by atoms with van der Waals surface area (Å²) in [5, 5.41) is 3.75. The molecule has 1 aliphatic rings. The topological polar surface area (TPSA) is 12.0 Å². The Labute approximate surface area is 95.3 Å². The van der Waals surface area contributed by atoms with Crippen molar-refractivity contribution in [3.8, 4) is 0 Å². The fourth-order valence-electron chi connectivity index (χ4n) is 2.41. The number of allylic oxidation sites excluding steroid dienone is 2. The molecule has 0 spiro atoms. The standard InChI is InChI=1S/C14H27N/c1-5-13(14(2,3)4)15-11-12-9-7-6-8-10-12/h6-7,12-13,15H,5,8-11H2,1-4H3. The van der Waals surface area contributed by atoms with Crippen LogP contribution in [0.2, 0.25) is 0 Å². The van der Waals surface area contributed by atoms with E-state index in [0.717, 1.165) is 5.92 Å². The fraction of sp³-hybridized carbons (Fsp3) is 0.857. The van der Waals surface area contributed by atoms with E-state index in [4.69, 9.17) is 0 Å². The van der Waals surface area contributed by atoms with Crippen LogP contribution < -0.4 is 5.32 Å². The SMILES string of the molecule is CCC(NCC1CC=CCC1)C(C)(C)C. The van der Waals surface area contributed by atoms with Gasteiger partial charge in [-0.2, -0.15) is 0 Å². The van der Waals surface area contributed by atoms with Crippen molar-refractivity contribution in [3.63, 3.8) is 0 Å². The van der Waals surface area contributed by atoms with Crippen LogP contribution in [0.3, 0.4) is 0 Å². The smallest absolute Gasteiger partial charge is 0.0113 e. The van der Waals surface area contributed by atoms with Gasteiger partial charge in [-0.3, -0.25) is 0 Å². The van der Waals surface area contributed by atoms with Gasteiger partial charge >= 0.3 is 0 Å². The van der Waals surface area contributed by atoms with Crippen molar-refractivity contribution in [2.24, 2.45) is 11.3 Å². The Bertz CT molecular complexity index is 200. The maximum atomic E-state index is 3.75. The zero-order valence-corrected chi connectivity index (χ0v) is 10.8. The maximum Gasteiger partial charge on any atom is 0.0113 e. The highest BCUT2D eigenvalue weighted by Gasteiger charge is 2.23. The molecule has 0 fully saturated rings. The van der Waals surface area contributed by atoms with Gasteiger partial charge in [0.25, 0.3) is 0 Å². The zero-order chi connectivity index (χ0) is 11.3. The summed E-state index contributed by atoms with van der Waals surface area (Å²) in [5.74, 6) is 0.867. The highest BCUT2D eigenvalue weighted by atomic mass is 14.9. The lowest BCUT2D eigenvalue weighted by molar-refractivity contribution is 0.246. The van der Waals surface area contributed by atoms with Crippen molar-refractivity contribution in [3.05, 3.63) is 12.2 Å². The van der Waals surface area contributed by atoms with Crippen LogP contribution in [-0.2, 0) is 0 Å². The Balaban J connectivity index is 2.31. The second kappa shape index (κ2) is 5.69. The summed E-state index contributed by atoms with van der Waals surface area (Å²) < 4.78 is 0. The Hall–Kier alpha value is -0.300. The molecule has 0 aromatic heterocycles. The van der Waals surface area contributed by atoms with Crippen LogP contribution in [0.15, 0.2) is 12.2 Å². The van der Waals surface area contributed by atoms with E-state index in [-0.39, 0.29) is 0 Å². The van der Waals surface area contributed by atoms with Crippen LogP contribution in [0.5, 0.6) is 0 Å². The summed E-state index contributed by atoms with van der Waals surface area (Å²) in [6, 6.07) is 0.656. The van der Waals surface area contributed by atoms with Gasteiger partial charge in [0.1, 0.15) is 0 Å². The molecule has 0 aromatic carbocycles. The third-order valence-corrected chi connectivity index (χ3v) is 3.48. The molecular formula is C14H27N. The van der Waals surface area contributed by atoms with Gasteiger partial charge in [0.2, 0.25) is 0 Å². The Morgan fingerprint density at radius 3 is 2.53 bits per heavy atom. The first-order valence-corrected chi connectivity index (χ1v) is 6.42. The predicted molar refractivity (Wildman–Crippen MR) is 68.0 cm³/mol. The van der Waals surface area contributed by atoms with E-state index in [1.54, 1.807) is 0 Å².